The minimum atomic E-state index is -0.301. The van der Waals surface area contributed by atoms with Crippen molar-refractivity contribution in [1.82, 2.24) is 0 Å². The number of ether oxygens (including phenoxy) is 1. The molecule has 4 atom stereocenters. The van der Waals surface area contributed by atoms with Gasteiger partial charge in [0.2, 0.25) is 0 Å². The number of hydrogen-bond acceptors (Lipinski definition) is 4. The second-order valence-corrected chi connectivity index (χ2v) is 6.59. The van der Waals surface area contributed by atoms with Gasteiger partial charge in [0.15, 0.2) is 0 Å². The third-order valence-electron chi connectivity index (χ3n) is 5.13. The van der Waals surface area contributed by atoms with E-state index in [0.717, 1.165) is 29.7 Å². The molecule has 120 valence electrons. The molecule has 1 aliphatic carbocycles. The molecule has 0 amide bonds. The highest BCUT2D eigenvalue weighted by Gasteiger charge is 2.42. The summed E-state index contributed by atoms with van der Waals surface area (Å²) in [4.78, 5) is 0. The van der Waals surface area contributed by atoms with Gasteiger partial charge < -0.3 is 20.1 Å². The highest BCUT2D eigenvalue weighted by Crippen LogP contribution is 2.53. The lowest BCUT2D eigenvalue weighted by atomic mass is 9.69. The fourth-order valence-corrected chi connectivity index (χ4v) is 4.03. The Balaban J connectivity index is 1.77. The average molecular weight is 312 g/mol. The van der Waals surface area contributed by atoms with Crippen LogP contribution in [0.25, 0.3) is 0 Å². The summed E-state index contributed by atoms with van der Waals surface area (Å²) in [6.45, 7) is 0. The standard InChI is InChI=1S/C19H20O4/c20-12-3-1-11(2-4-12)19-15-7-5-13(21)9-16(15)17-10-14(22)6-8-18(17)23-19/h1-4,6,8,10,13,15-16,19-22H,5,7,9H2/t13-,15-,16+,19-/m1/s1. The highest BCUT2D eigenvalue weighted by molar-refractivity contribution is 5.45. The van der Waals surface area contributed by atoms with Crippen LogP contribution in [0.15, 0.2) is 42.5 Å². The molecule has 0 saturated heterocycles. The SMILES string of the molecule is Oc1ccc([C@H]2Oc3ccc(O)cc3[C@H]3C[C@H](O)CC[C@H]32)cc1. The summed E-state index contributed by atoms with van der Waals surface area (Å²) in [7, 11) is 0. The third-order valence-corrected chi connectivity index (χ3v) is 5.13. The third kappa shape index (κ3) is 2.53. The molecule has 2 aliphatic rings. The van der Waals surface area contributed by atoms with Crippen LogP contribution < -0.4 is 4.74 Å². The minimum Gasteiger partial charge on any atom is -0.508 e. The zero-order valence-corrected chi connectivity index (χ0v) is 12.7. The van der Waals surface area contributed by atoms with E-state index in [1.54, 1.807) is 30.3 Å². The van der Waals surface area contributed by atoms with Crippen LogP contribution in [0, 0.1) is 5.92 Å². The first kappa shape index (κ1) is 14.4. The predicted molar refractivity (Wildman–Crippen MR) is 85.7 cm³/mol. The zero-order chi connectivity index (χ0) is 16.0. The number of aliphatic hydroxyl groups excluding tert-OH is 1. The van der Waals surface area contributed by atoms with Gasteiger partial charge in [-0.25, -0.2) is 0 Å². The molecule has 4 rings (SSSR count). The molecule has 1 aliphatic heterocycles. The summed E-state index contributed by atoms with van der Waals surface area (Å²) < 4.78 is 6.24. The smallest absolute Gasteiger partial charge is 0.127 e. The molecule has 2 aromatic carbocycles. The van der Waals surface area contributed by atoms with Gasteiger partial charge in [-0.15, -0.1) is 0 Å². The van der Waals surface area contributed by atoms with Gasteiger partial charge in [-0.1, -0.05) is 12.1 Å². The number of benzene rings is 2. The predicted octanol–water partition coefficient (Wildman–Crippen LogP) is 3.48. The van der Waals surface area contributed by atoms with E-state index in [4.69, 9.17) is 4.74 Å². The first-order chi connectivity index (χ1) is 11.1. The largest absolute Gasteiger partial charge is 0.508 e. The van der Waals surface area contributed by atoms with Gasteiger partial charge in [-0.2, -0.15) is 0 Å². The van der Waals surface area contributed by atoms with E-state index < -0.39 is 0 Å². The van der Waals surface area contributed by atoms with Crippen molar-refractivity contribution in [3.8, 4) is 17.2 Å². The van der Waals surface area contributed by atoms with Crippen molar-refractivity contribution in [3.05, 3.63) is 53.6 Å². The number of rotatable bonds is 1. The van der Waals surface area contributed by atoms with E-state index in [9.17, 15) is 15.3 Å². The summed E-state index contributed by atoms with van der Waals surface area (Å²) in [5, 5.41) is 29.4. The van der Waals surface area contributed by atoms with Crippen molar-refractivity contribution >= 4 is 0 Å². The van der Waals surface area contributed by atoms with E-state index >= 15 is 0 Å². The first-order valence-corrected chi connectivity index (χ1v) is 8.08. The molecule has 3 N–H and O–H groups in total. The Morgan fingerprint density at radius 1 is 0.913 bits per heavy atom. The zero-order valence-electron chi connectivity index (χ0n) is 12.7. The quantitative estimate of drug-likeness (QED) is 0.754. The Morgan fingerprint density at radius 2 is 1.65 bits per heavy atom. The van der Waals surface area contributed by atoms with E-state index in [1.807, 2.05) is 12.1 Å². The van der Waals surface area contributed by atoms with Crippen LogP contribution >= 0.6 is 0 Å². The van der Waals surface area contributed by atoms with Crippen molar-refractivity contribution in [2.24, 2.45) is 5.92 Å². The summed E-state index contributed by atoms with van der Waals surface area (Å²) >= 11 is 0. The van der Waals surface area contributed by atoms with Gasteiger partial charge >= 0.3 is 0 Å². The topological polar surface area (TPSA) is 69.9 Å². The molecule has 23 heavy (non-hydrogen) atoms. The molecule has 1 fully saturated rings. The van der Waals surface area contributed by atoms with Crippen LogP contribution in [0.2, 0.25) is 0 Å². The summed E-state index contributed by atoms with van der Waals surface area (Å²) in [5.74, 6) is 1.68. The highest BCUT2D eigenvalue weighted by atomic mass is 16.5. The molecule has 1 heterocycles. The summed E-state index contributed by atoms with van der Waals surface area (Å²) in [6.07, 6.45) is 1.95. The summed E-state index contributed by atoms with van der Waals surface area (Å²) in [5.41, 5.74) is 2.02. The average Bonchev–Trinajstić information content (AvgIpc) is 2.55. The molecule has 4 nitrogen and oxygen atoms in total. The maximum atomic E-state index is 10.1. The van der Waals surface area contributed by atoms with Gasteiger partial charge in [-0.3, -0.25) is 0 Å². The van der Waals surface area contributed by atoms with Gasteiger partial charge in [-0.05, 0) is 61.1 Å². The monoisotopic (exact) mass is 312 g/mol. The number of phenolic OH excluding ortho intramolecular Hbond substituents is 2. The number of aliphatic hydroxyl groups is 1. The lowest BCUT2D eigenvalue weighted by Gasteiger charge is -2.44. The Hall–Kier alpha value is -2.20. The van der Waals surface area contributed by atoms with Crippen LogP contribution in [0.5, 0.6) is 17.2 Å². The minimum absolute atomic E-state index is 0.0925. The number of hydrogen-bond donors (Lipinski definition) is 3. The number of fused-ring (bicyclic) bond motifs is 3. The van der Waals surface area contributed by atoms with Crippen molar-refractivity contribution in [2.75, 3.05) is 0 Å². The van der Waals surface area contributed by atoms with Crippen LogP contribution in [-0.4, -0.2) is 21.4 Å². The fourth-order valence-electron chi connectivity index (χ4n) is 4.03. The van der Waals surface area contributed by atoms with E-state index in [2.05, 4.69) is 0 Å². The van der Waals surface area contributed by atoms with Crippen LogP contribution in [0.3, 0.4) is 0 Å². The Kier molecular flexibility index (Phi) is 3.42. The molecule has 0 aromatic heterocycles. The van der Waals surface area contributed by atoms with Crippen LogP contribution in [-0.2, 0) is 0 Å². The summed E-state index contributed by atoms with van der Waals surface area (Å²) in [6, 6.07) is 12.3. The maximum absolute atomic E-state index is 10.1. The fraction of sp³-hybridized carbons (Fsp3) is 0.368. The van der Waals surface area contributed by atoms with E-state index in [1.165, 1.54) is 0 Å². The molecule has 1 saturated carbocycles. The lowest BCUT2D eigenvalue weighted by Crippen LogP contribution is -2.36. The van der Waals surface area contributed by atoms with Crippen molar-refractivity contribution in [2.45, 2.75) is 37.4 Å². The van der Waals surface area contributed by atoms with Crippen molar-refractivity contribution in [3.63, 3.8) is 0 Å². The Labute approximate surface area is 135 Å². The maximum Gasteiger partial charge on any atom is 0.127 e. The van der Waals surface area contributed by atoms with Gasteiger partial charge in [0, 0.05) is 11.5 Å². The van der Waals surface area contributed by atoms with Crippen LogP contribution in [0.1, 0.15) is 42.4 Å². The molecule has 0 unspecified atom stereocenters. The second kappa shape index (κ2) is 5.46. The van der Waals surface area contributed by atoms with E-state index in [-0.39, 0.29) is 35.5 Å². The molecule has 2 aromatic rings. The Morgan fingerprint density at radius 3 is 2.43 bits per heavy atom. The van der Waals surface area contributed by atoms with Gasteiger partial charge in [0.1, 0.15) is 23.4 Å². The molecule has 0 bridgehead atoms. The van der Waals surface area contributed by atoms with Crippen molar-refractivity contribution < 1.29 is 20.1 Å². The van der Waals surface area contributed by atoms with Gasteiger partial charge in [0.25, 0.3) is 0 Å². The first-order valence-electron chi connectivity index (χ1n) is 8.08. The van der Waals surface area contributed by atoms with Gasteiger partial charge in [0.05, 0.1) is 6.10 Å². The second-order valence-electron chi connectivity index (χ2n) is 6.59. The molecular weight excluding hydrogens is 292 g/mol. The van der Waals surface area contributed by atoms with Crippen molar-refractivity contribution in [1.29, 1.82) is 0 Å². The number of aromatic hydroxyl groups is 2. The molecular formula is C19H20O4. The van der Waals surface area contributed by atoms with E-state index in [0.29, 0.717) is 6.42 Å². The van der Waals surface area contributed by atoms with Crippen LogP contribution in [0.4, 0.5) is 0 Å². The number of phenols is 2. The Bertz CT molecular complexity index is 710. The molecule has 0 spiro atoms. The molecule has 0 radical (unpaired) electrons. The normalized spacial score (nSPS) is 29.3. The molecule has 4 heteroatoms. The lowest BCUT2D eigenvalue weighted by molar-refractivity contribution is 0.0206.